The molecule has 6 heteroatoms. The van der Waals surface area contributed by atoms with Gasteiger partial charge in [0.2, 0.25) is 5.91 Å². The van der Waals surface area contributed by atoms with Crippen LogP contribution in [0.15, 0.2) is 78.9 Å². The molecular weight excluding hydrogens is 357 g/mol. The molecule has 0 aliphatic rings. The molecule has 2 N–H and O–H groups in total. The zero-order valence-electron chi connectivity index (χ0n) is 15.4. The summed E-state index contributed by atoms with van der Waals surface area (Å²) in [6.07, 6.45) is 0. The van der Waals surface area contributed by atoms with E-state index in [4.69, 9.17) is 0 Å². The van der Waals surface area contributed by atoms with Crippen molar-refractivity contribution in [3.05, 3.63) is 90.2 Å². The quantitative estimate of drug-likeness (QED) is 0.678. The van der Waals surface area contributed by atoms with Gasteiger partial charge in [-0.25, -0.2) is 4.39 Å². The third-order valence-corrected chi connectivity index (χ3v) is 4.14. The van der Waals surface area contributed by atoms with Crippen LogP contribution >= 0.6 is 0 Å². The topological polar surface area (TPSA) is 61.4 Å². The van der Waals surface area contributed by atoms with Crippen LogP contribution < -0.4 is 15.5 Å². The highest BCUT2D eigenvalue weighted by Crippen LogP contribution is 2.17. The van der Waals surface area contributed by atoms with Gasteiger partial charge in [0.25, 0.3) is 5.91 Å². The van der Waals surface area contributed by atoms with Crippen molar-refractivity contribution in [3.63, 3.8) is 0 Å². The maximum absolute atomic E-state index is 12.9. The number of anilines is 3. The number of amides is 2. The lowest BCUT2D eigenvalue weighted by molar-refractivity contribution is -0.114. The normalized spacial score (nSPS) is 10.2. The zero-order chi connectivity index (χ0) is 19.9. The zero-order valence-corrected chi connectivity index (χ0v) is 15.4. The predicted octanol–water partition coefficient (Wildman–Crippen LogP) is 4.15. The van der Waals surface area contributed by atoms with Gasteiger partial charge in [0, 0.05) is 29.7 Å². The third-order valence-electron chi connectivity index (χ3n) is 4.14. The van der Waals surface area contributed by atoms with Gasteiger partial charge in [-0.15, -0.1) is 0 Å². The maximum atomic E-state index is 12.9. The first-order chi connectivity index (χ1) is 13.5. The molecular formula is C22H20FN3O2. The molecule has 28 heavy (non-hydrogen) atoms. The van der Waals surface area contributed by atoms with E-state index >= 15 is 0 Å². The highest BCUT2D eigenvalue weighted by Gasteiger charge is 2.14. The Labute approximate surface area is 162 Å². The van der Waals surface area contributed by atoms with Gasteiger partial charge in [0.15, 0.2) is 0 Å². The van der Waals surface area contributed by atoms with E-state index in [1.807, 2.05) is 30.3 Å². The molecule has 0 atom stereocenters. The number of benzene rings is 3. The monoisotopic (exact) mass is 377 g/mol. The maximum Gasteiger partial charge on any atom is 0.258 e. The first-order valence-electron chi connectivity index (χ1n) is 8.75. The van der Waals surface area contributed by atoms with Gasteiger partial charge in [0.05, 0.1) is 6.54 Å². The van der Waals surface area contributed by atoms with E-state index in [-0.39, 0.29) is 24.2 Å². The first-order valence-corrected chi connectivity index (χ1v) is 8.75. The lowest BCUT2D eigenvalue weighted by atomic mass is 10.1. The molecule has 0 aliphatic carbocycles. The summed E-state index contributed by atoms with van der Waals surface area (Å²) in [4.78, 5) is 26.4. The van der Waals surface area contributed by atoms with Crippen LogP contribution in [0, 0.1) is 5.82 Å². The van der Waals surface area contributed by atoms with E-state index in [2.05, 4.69) is 10.6 Å². The van der Waals surface area contributed by atoms with E-state index in [1.165, 1.54) is 12.1 Å². The van der Waals surface area contributed by atoms with Gasteiger partial charge in [-0.3, -0.25) is 9.59 Å². The largest absolute Gasteiger partial charge is 0.376 e. The molecule has 0 saturated carbocycles. The molecule has 0 aromatic heterocycles. The van der Waals surface area contributed by atoms with E-state index in [1.54, 1.807) is 48.3 Å². The molecule has 0 spiro atoms. The summed E-state index contributed by atoms with van der Waals surface area (Å²) in [6, 6.07) is 21.8. The number of hydrogen-bond acceptors (Lipinski definition) is 3. The van der Waals surface area contributed by atoms with Crippen molar-refractivity contribution >= 4 is 28.9 Å². The molecule has 0 fully saturated rings. The second-order valence-electron chi connectivity index (χ2n) is 6.19. The minimum absolute atomic E-state index is 0.0216. The fourth-order valence-corrected chi connectivity index (χ4v) is 2.65. The van der Waals surface area contributed by atoms with Crippen molar-refractivity contribution in [1.29, 1.82) is 0 Å². The summed E-state index contributed by atoms with van der Waals surface area (Å²) >= 11 is 0. The highest BCUT2D eigenvalue weighted by atomic mass is 19.1. The molecule has 3 aromatic carbocycles. The van der Waals surface area contributed by atoms with Gasteiger partial charge in [-0.1, -0.05) is 24.3 Å². The number of nitrogens with one attached hydrogen (secondary N) is 2. The van der Waals surface area contributed by atoms with Crippen LogP contribution in [-0.2, 0) is 4.79 Å². The molecule has 0 heterocycles. The van der Waals surface area contributed by atoms with Gasteiger partial charge < -0.3 is 15.5 Å². The molecule has 0 bridgehead atoms. The van der Waals surface area contributed by atoms with Gasteiger partial charge in [-0.05, 0) is 54.6 Å². The smallest absolute Gasteiger partial charge is 0.258 e. The van der Waals surface area contributed by atoms with Crippen molar-refractivity contribution in [1.82, 2.24) is 0 Å². The third kappa shape index (κ3) is 4.94. The number of carbonyl (C=O) groups is 2. The van der Waals surface area contributed by atoms with Crippen molar-refractivity contribution in [3.8, 4) is 0 Å². The first kappa shape index (κ1) is 19.1. The average Bonchev–Trinajstić information content (AvgIpc) is 2.73. The van der Waals surface area contributed by atoms with E-state index in [0.717, 1.165) is 5.69 Å². The Hall–Kier alpha value is -3.67. The summed E-state index contributed by atoms with van der Waals surface area (Å²) in [6.45, 7) is 0.0216. The van der Waals surface area contributed by atoms with E-state index < -0.39 is 0 Å². The van der Waals surface area contributed by atoms with Crippen molar-refractivity contribution in [2.24, 2.45) is 0 Å². The van der Waals surface area contributed by atoms with Gasteiger partial charge in [-0.2, -0.15) is 0 Å². The summed E-state index contributed by atoms with van der Waals surface area (Å²) in [5.41, 5.74) is 2.42. The number of rotatable bonds is 6. The molecule has 5 nitrogen and oxygen atoms in total. The fraction of sp³-hybridized carbons (Fsp3) is 0.0909. The summed E-state index contributed by atoms with van der Waals surface area (Å²) < 4.78 is 12.9. The van der Waals surface area contributed by atoms with E-state index in [9.17, 15) is 14.0 Å². The molecule has 3 rings (SSSR count). The standard InChI is InChI=1S/C22H20FN3O2/c1-26(20-8-3-2-4-9-20)22(28)16-6-5-7-19(14-16)25-21(27)15-24-18-12-10-17(23)11-13-18/h2-14,24H,15H2,1H3,(H,25,27). The molecule has 3 aromatic rings. The lowest BCUT2D eigenvalue weighted by Gasteiger charge is -2.17. The number of halogens is 1. The summed E-state index contributed by atoms with van der Waals surface area (Å²) in [7, 11) is 1.70. The van der Waals surface area contributed by atoms with Crippen LogP contribution in [-0.4, -0.2) is 25.4 Å². The Balaban J connectivity index is 1.61. The van der Waals surface area contributed by atoms with Crippen LogP contribution in [0.1, 0.15) is 10.4 Å². The van der Waals surface area contributed by atoms with Crippen LogP contribution in [0.4, 0.5) is 21.5 Å². The Bertz CT molecular complexity index is 959. The van der Waals surface area contributed by atoms with Crippen molar-refractivity contribution in [2.45, 2.75) is 0 Å². The second-order valence-corrected chi connectivity index (χ2v) is 6.19. The van der Waals surface area contributed by atoms with E-state index in [0.29, 0.717) is 16.9 Å². The summed E-state index contributed by atoms with van der Waals surface area (Å²) in [5.74, 6) is -0.783. The van der Waals surface area contributed by atoms with Crippen LogP contribution in [0.25, 0.3) is 0 Å². The molecule has 2 amide bonds. The highest BCUT2D eigenvalue weighted by molar-refractivity contribution is 6.06. The molecule has 0 saturated heterocycles. The number of carbonyl (C=O) groups excluding carboxylic acids is 2. The summed E-state index contributed by atoms with van der Waals surface area (Å²) in [5, 5.41) is 5.67. The number of para-hydroxylation sites is 1. The SMILES string of the molecule is CN(C(=O)c1cccc(NC(=O)CNc2ccc(F)cc2)c1)c1ccccc1. The average molecular weight is 377 g/mol. The Morgan fingerprint density at radius 2 is 1.61 bits per heavy atom. The van der Waals surface area contributed by atoms with Gasteiger partial charge >= 0.3 is 0 Å². The Kier molecular flexibility index (Phi) is 6.01. The van der Waals surface area contributed by atoms with Crippen molar-refractivity contribution < 1.29 is 14.0 Å². The van der Waals surface area contributed by atoms with Crippen molar-refractivity contribution in [2.75, 3.05) is 29.1 Å². The Morgan fingerprint density at radius 1 is 0.893 bits per heavy atom. The molecule has 0 radical (unpaired) electrons. The minimum Gasteiger partial charge on any atom is -0.376 e. The predicted molar refractivity (Wildman–Crippen MR) is 109 cm³/mol. The number of hydrogen-bond donors (Lipinski definition) is 2. The fourth-order valence-electron chi connectivity index (χ4n) is 2.65. The number of nitrogens with zero attached hydrogens (tertiary/aromatic N) is 1. The molecule has 0 aliphatic heterocycles. The minimum atomic E-state index is -0.336. The molecule has 142 valence electrons. The van der Waals surface area contributed by atoms with Crippen LogP contribution in [0.2, 0.25) is 0 Å². The second kappa shape index (κ2) is 8.81. The van der Waals surface area contributed by atoms with Crippen LogP contribution in [0.3, 0.4) is 0 Å². The lowest BCUT2D eigenvalue weighted by Crippen LogP contribution is -2.26. The Morgan fingerprint density at radius 3 is 2.32 bits per heavy atom. The van der Waals surface area contributed by atoms with Gasteiger partial charge in [0.1, 0.15) is 5.82 Å². The van der Waals surface area contributed by atoms with Crippen LogP contribution in [0.5, 0.6) is 0 Å². The molecule has 0 unspecified atom stereocenters.